The Bertz CT molecular complexity index is 1260. The molecule has 1 aliphatic rings. The summed E-state index contributed by atoms with van der Waals surface area (Å²) in [4.78, 5) is 25.8. The first-order valence-corrected chi connectivity index (χ1v) is 12.6. The van der Waals surface area contributed by atoms with Crippen molar-refractivity contribution in [2.24, 2.45) is 0 Å². The molecular weight excluding hydrogens is 460 g/mol. The highest BCUT2D eigenvalue weighted by Gasteiger charge is 2.25. The van der Waals surface area contributed by atoms with Gasteiger partial charge in [0.2, 0.25) is 0 Å². The van der Waals surface area contributed by atoms with Crippen molar-refractivity contribution in [2.75, 3.05) is 20.2 Å². The van der Waals surface area contributed by atoms with Crippen LogP contribution in [0.3, 0.4) is 0 Å². The van der Waals surface area contributed by atoms with E-state index in [9.17, 15) is 4.79 Å². The van der Waals surface area contributed by atoms with Crippen LogP contribution >= 0.6 is 11.3 Å². The molecule has 8 nitrogen and oxygen atoms in total. The van der Waals surface area contributed by atoms with E-state index in [2.05, 4.69) is 49.5 Å². The lowest BCUT2D eigenvalue weighted by Crippen LogP contribution is -2.47. The summed E-state index contributed by atoms with van der Waals surface area (Å²) in [5.41, 5.74) is 3.21. The average Bonchev–Trinajstić information content (AvgIpc) is 3.56. The van der Waals surface area contributed by atoms with Crippen molar-refractivity contribution in [3.05, 3.63) is 83.1 Å². The second-order valence-electron chi connectivity index (χ2n) is 8.60. The molecule has 1 N–H and O–H groups in total. The molecule has 1 atom stereocenters. The van der Waals surface area contributed by atoms with Gasteiger partial charge in [-0.2, -0.15) is 9.78 Å². The summed E-state index contributed by atoms with van der Waals surface area (Å²) in [6.07, 6.45) is 5.29. The summed E-state index contributed by atoms with van der Waals surface area (Å²) in [6.45, 7) is 2.96. The molecule has 4 aromatic rings. The number of carbonyl (C=O) groups is 1. The monoisotopic (exact) mass is 488 g/mol. The number of piperidine rings is 1. The molecule has 1 fully saturated rings. The van der Waals surface area contributed by atoms with Gasteiger partial charge in [0.25, 0.3) is 11.9 Å². The molecule has 5 rings (SSSR count). The number of likely N-dealkylation sites (tertiary alicyclic amines) is 1. The Labute approximate surface area is 208 Å². The van der Waals surface area contributed by atoms with Crippen molar-refractivity contribution in [3.63, 3.8) is 0 Å². The van der Waals surface area contributed by atoms with Crippen molar-refractivity contribution >= 4 is 17.2 Å². The maximum absolute atomic E-state index is 13.3. The van der Waals surface area contributed by atoms with Crippen molar-refractivity contribution in [2.45, 2.75) is 32.0 Å². The minimum absolute atomic E-state index is 0.0807. The third-order valence-corrected chi connectivity index (χ3v) is 6.98. The summed E-state index contributed by atoms with van der Waals surface area (Å²) in [5, 5.41) is 9.69. The van der Waals surface area contributed by atoms with Crippen molar-refractivity contribution in [3.8, 4) is 16.5 Å². The van der Waals surface area contributed by atoms with Gasteiger partial charge in [-0.05, 0) is 42.5 Å². The van der Waals surface area contributed by atoms with Gasteiger partial charge in [-0.1, -0.05) is 36.4 Å². The number of benzene rings is 1. The van der Waals surface area contributed by atoms with Gasteiger partial charge in [0.1, 0.15) is 0 Å². The predicted octanol–water partition coefficient (Wildman–Crippen LogP) is 3.93. The number of carbonyl (C=O) groups excluding carboxylic acids is 1. The highest BCUT2D eigenvalue weighted by molar-refractivity contribution is 7.13. The van der Waals surface area contributed by atoms with Crippen LogP contribution in [-0.4, -0.2) is 56.8 Å². The standard InChI is InChI=1S/C26H28N6O2S/c1-34-18-23-21(15-28-32(23)26-27-12-11-22(30-26)24-10-6-14-35-24)25(33)29-20-9-5-13-31(17-20)16-19-7-3-2-4-8-19/h2-4,6-8,10-12,14-15,20H,5,9,13,16-18H2,1H3,(H,29,33). The van der Waals surface area contributed by atoms with Gasteiger partial charge in [-0.15, -0.1) is 11.3 Å². The fourth-order valence-electron chi connectivity index (χ4n) is 4.45. The van der Waals surface area contributed by atoms with Gasteiger partial charge >= 0.3 is 0 Å². The van der Waals surface area contributed by atoms with E-state index in [-0.39, 0.29) is 18.6 Å². The largest absolute Gasteiger partial charge is 0.378 e. The lowest BCUT2D eigenvalue weighted by Gasteiger charge is -2.33. The van der Waals surface area contributed by atoms with Gasteiger partial charge in [0, 0.05) is 32.4 Å². The number of aromatic nitrogens is 4. The van der Waals surface area contributed by atoms with Crippen LogP contribution in [-0.2, 0) is 17.9 Å². The van der Waals surface area contributed by atoms with E-state index in [1.807, 2.05) is 29.6 Å². The topological polar surface area (TPSA) is 85.2 Å². The number of methoxy groups -OCH3 is 1. The summed E-state index contributed by atoms with van der Waals surface area (Å²) in [7, 11) is 1.60. The van der Waals surface area contributed by atoms with Crippen molar-refractivity contribution in [1.82, 2.24) is 30.0 Å². The minimum Gasteiger partial charge on any atom is -0.378 e. The van der Waals surface area contributed by atoms with Crippen molar-refractivity contribution < 1.29 is 9.53 Å². The fraction of sp³-hybridized carbons (Fsp3) is 0.308. The van der Waals surface area contributed by atoms with Crippen molar-refractivity contribution in [1.29, 1.82) is 0 Å². The smallest absolute Gasteiger partial charge is 0.255 e. The molecule has 0 aliphatic carbocycles. The first-order valence-electron chi connectivity index (χ1n) is 11.7. The number of hydrogen-bond donors (Lipinski definition) is 1. The Morgan fingerprint density at radius 3 is 2.89 bits per heavy atom. The molecule has 0 radical (unpaired) electrons. The third kappa shape index (κ3) is 5.48. The number of thiophene rings is 1. The molecule has 1 amide bonds. The molecule has 1 aliphatic heterocycles. The van der Waals surface area contributed by atoms with E-state index in [4.69, 9.17) is 4.74 Å². The molecule has 35 heavy (non-hydrogen) atoms. The summed E-state index contributed by atoms with van der Waals surface area (Å²) in [6, 6.07) is 16.4. The van der Waals surface area contributed by atoms with Gasteiger partial charge in [-0.25, -0.2) is 9.97 Å². The van der Waals surface area contributed by atoms with Crippen LogP contribution in [0, 0.1) is 0 Å². The molecule has 1 saturated heterocycles. The normalized spacial score (nSPS) is 16.3. The van der Waals surface area contributed by atoms with Crippen LogP contribution in [0.15, 0.2) is 66.3 Å². The van der Waals surface area contributed by atoms with E-state index in [1.165, 1.54) is 5.56 Å². The molecule has 0 bridgehead atoms. The number of amides is 1. The van der Waals surface area contributed by atoms with Crippen LogP contribution in [0.25, 0.3) is 16.5 Å². The highest BCUT2D eigenvalue weighted by atomic mass is 32.1. The lowest BCUT2D eigenvalue weighted by molar-refractivity contribution is 0.0895. The van der Waals surface area contributed by atoms with Gasteiger partial charge in [0.05, 0.1) is 34.6 Å². The second kappa shape index (κ2) is 10.9. The number of rotatable bonds is 8. The third-order valence-electron chi connectivity index (χ3n) is 6.09. The molecule has 4 heterocycles. The first kappa shape index (κ1) is 23.3. The summed E-state index contributed by atoms with van der Waals surface area (Å²) in [5.74, 6) is 0.262. The Kier molecular flexibility index (Phi) is 7.27. The molecular formula is C26H28N6O2S. The van der Waals surface area contributed by atoms with Crippen LogP contribution in [0.4, 0.5) is 0 Å². The Hall–Kier alpha value is -3.40. The number of ether oxygens (including phenoxy) is 1. The van der Waals surface area contributed by atoms with Crippen LogP contribution < -0.4 is 5.32 Å². The molecule has 3 aromatic heterocycles. The quantitative estimate of drug-likeness (QED) is 0.405. The molecule has 9 heteroatoms. The van der Waals surface area contributed by atoms with E-state index in [0.717, 1.165) is 43.0 Å². The molecule has 180 valence electrons. The zero-order chi connectivity index (χ0) is 24.0. The zero-order valence-electron chi connectivity index (χ0n) is 19.6. The number of nitrogens with zero attached hydrogens (tertiary/aromatic N) is 5. The zero-order valence-corrected chi connectivity index (χ0v) is 20.4. The van der Waals surface area contributed by atoms with E-state index >= 15 is 0 Å². The fourth-order valence-corrected chi connectivity index (χ4v) is 5.14. The van der Waals surface area contributed by atoms with E-state index < -0.39 is 0 Å². The summed E-state index contributed by atoms with van der Waals surface area (Å²) < 4.78 is 7.01. The van der Waals surface area contributed by atoms with Crippen LogP contribution in [0.1, 0.15) is 34.5 Å². The van der Waals surface area contributed by atoms with Crippen LogP contribution in [0.2, 0.25) is 0 Å². The van der Waals surface area contributed by atoms with Gasteiger partial charge < -0.3 is 10.1 Å². The Morgan fingerprint density at radius 2 is 2.09 bits per heavy atom. The average molecular weight is 489 g/mol. The maximum Gasteiger partial charge on any atom is 0.255 e. The second-order valence-corrected chi connectivity index (χ2v) is 9.55. The van der Waals surface area contributed by atoms with Gasteiger partial charge in [0.15, 0.2) is 0 Å². The lowest BCUT2D eigenvalue weighted by atomic mass is 10.0. The summed E-state index contributed by atoms with van der Waals surface area (Å²) >= 11 is 1.61. The van der Waals surface area contributed by atoms with E-state index in [0.29, 0.717) is 17.2 Å². The first-order chi connectivity index (χ1) is 17.2. The van der Waals surface area contributed by atoms with Crippen LogP contribution in [0.5, 0.6) is 0 Å². The molecule has 0 spiro atoms. The molecule has 1 unspecified atom stereocenters. The maximum atomic E-state index is 13.3. The van der Waals surface area contributed by atoms with E-state index in [1.54, 1.807) is 35.5 Å². The Balaban J connectivity index is 1.32. The predicted molar refractivity (Wildman–Crippen MR) is 135 cm³/mol. The SMILES string of the molecule is COCc1c(C(=O)NC2CCCN(Cc3ccccc3)C2)cnn1-c1nccc(-c2cccs2)n1. The molecule has 1 aromatic carbocycles. The highest BCUT2D eigenvalue weighted by Crippen LogP contribution is 2.23. The number of nitrogens with one attached hydrogen (secondary N) is 1. The van der Waals surface area contributed by atoms with Gasteiger partial charge in [-0.3, -0.25) is 9.69 Å². The molecule has 0 saturated carbocycles. The minimum atomic E-state index is -0.149. The number of hydrogen-bond acceptors (Lipinski definition) is 7. The Morgan fingerprint density at radius 1 is 1.20 bits per heavy atom.